The van der Waals surface area contributed by atoms with Crippen molar-refractivity contribution in [1.29, 1.82) is 0 Å². The summed E-state index contributed by atoms with van der Waals surface area (Å²) in [6, 6.07) is 5.20. The van der Waals surface area contributed by atoms with Gasteiger partial charge in [0, 0.05) is 16.8 Å². The molecule has 0 fully saturated rings. The smallest absolute Gasteiger partial charge is 0.261 e. The Kier molecular flexibility index (Phi) is 4.05. The monoisotopic (exact) mass is 344 g/mol. The first-order chi connectivity index (χ1) is 8.93. The maximum Gasteiger partial charge on any atom is 0.261 e. The molecule has 0 saturated carbocycles. The van der Waals surface area contributed by atoms with Gasteiger partial charge in [-0.3, -0.25) is 9.36 Å². The van der Waals surface area contributed by atoms with Crippen LogP contribution in [0.3, 0.4) is 0 Å². The topological polar surface area (TPSA) is 69.0 Å². The van der Waals surface area contributed by atoms with Gasteiger partial charge in [-0.25, -0.2) is 13.4 Å². The third-order valence-electron chi connectivity index (χ3n) is 2.87. The van der Waals surface area contributed by atoms with E-state index in [1.807, 2.05) is 0 Å². The molecule has 102 valence electrons. The molecule has 0 aliphatic rings. The van der Waals surface area contributed by atoms with Crippen molar-refractivity contribution in [3.05, 3.63) is 39.4 Å². The number of aromatic nitrogens is 2. The maximum absolute atomic E-state index is 12.2. The molecule has 1 heterocycles. The van der Waals surface area contributed by atoms with E-state index in [4.69, 9.17) is 0 Å². The second-order valence-corrected chi connectivity index (χ2v) is 7.53. The summed E-state index contributed by atoms with van der Waals surface area (Å²) in [6.45, 7) is 1.72. The maximum atomic E-state index is 12.2. The average molecular weight is 345 g/mol. The summed E-state index contributed by atoms with van der Waals surface area (Å²) in [5, 5.41) is 0.486. The average Bonchev–Trinajstić information content (AvgIpc) is 2.38. The van der Waals surface area contributed by atoms with Crippen molar-refractivity contribution in [2.24, 2.45) is 0 Å². The Bertz CT molecular complexity index is 768. The first-order valence-electron chi connectivity index (χ1n) is 5.78. The molecule has 7 heteroatoms. The summed E-state index contributed by atoms with van der Waals surface area (Å²) in [6.07, 6.45) is 1.39. The van der Waals surface area contributed by atoms with Crippen molar-refractivity contribution in [3.8, 4) is 0 Å². The first kappa shape index (κ1) is 14.2. The number of aryl methyl sites for hydroxylation is 1. The predicted molar refractivity (Wildman–Crippen MR) is 78.0 cm³/mol. The van der Waals surface area contributed by atoms with Gasteiger partial charge in [0.1, 0.15) is 0 Å². The molecule has 0 spiro atoms. The zero-order valence-electron chi connectivity index (χ0n) is 10.3. The Labute approximate surface area is 119 Å². The lowest BCUT2D eigenvalue weighted by Crippen LogP contribution is -2.25. The van der Waals surface area contributed by atoms with E-state index in [0.717, 1.165) is 4.47 Å². The molecule has 2 aromatic rings. The molecule has 0 aliphatic carbocycles. The summed E-state index contributed by atoms with van der Waals surface area (Å²) < 4.78 is 25.1. The Balaban J connectivity index is 2.39. The molecule has 0 atom stereocenters. The van der Waals surface area contributed by atoms with Crippen LogP contribution in [0.5, 0.6) is 0 Å². The van der Waals surface area contributed by atoms with Gasteiger partial charge in [-0.2, -0.15) is 0 Å². The number of benzene rings is 1. The molecule has 0 saturated heterocycles. The lowest BCUT2D eigenvalue weighted by atomic mass is 10.2. The summed E-state index contributed by atoms with van der Waals surface area (Å²) in [5.41, 5.74) is 0.373. The fourth-order valence-corrected chi connectivity index (χ4v) is 2.79. The van der Waals surface area contributed by atoms with E-state index in [-0.39, 0.29) is 23.6 Å². The molecular formula is C12H13BrN2O3S. The van der Waals surface area contributed by atoms with Gasteiger partial charge in [0.2, 0.25) is 0 Å². The van der Waals surface area contributed by atoms with Crippen molar-refractivity contribution in [1.82, 2.24) is 9.55 Å². The quantitative estimate of drug-likeness (QED) is 0.844. The molecule has 0 amide bonds. The van der Waals surface area contributed by atoms with Crippen molar-refractivity contribution < 1.29 is 8.42 Å². The molecule has 0 bridgehead atoms. The molecule has 0 aliphatic heterocycles. The van der Waals surface area contributed by atoms with Crippen molar-refractivity contribution in [2.75, 3.05) is 11.5 Å². The third-order valence-corrected chi connectivity index (χ3v) is 5.05. The van der Waals surface area contributed by atoms with Crippen LogP contribution in [0.2, 0.25) is 0 Å². The Morgan fingerprint density at radius 1 is 1.37 bits per heavy atom. The third kappa shape index (κ3) is 3.22. The van der Waals surface area contributed by atoms with E-state index in [2.05, 4.69) is 20.9 Å². The lowest BCUT2D eigenvalue weighted by Gasteiger charge is -2.06. The molecule has 0 N–H and O–H groups in total. The number of halogens is 1. The van der Waals surface area contributed by atoms with Gasteiger partial charge in [0.15, 0.2) is 9.84 Å². The molecule has 19 heavy (non-hydrogen) atoms. The van der Waals surface area contributed by atoms with Gasteiger partial charge in [0.25, 0.3) is 5.56 Å². The van der Waals surface area contributed by atoms with Crippen molar-refractivity contribution in [2.45, 2.75) is 13.5 Å². The molecule has 5 nitrogen and oxygen atoms in total. The normalized spacial score (nSPS) is 11.9. The minimum Gasteiger partial charge on any atom is -0.298 e. The van der Waals surface area contributed by atoms with E-state index in [1.54, 1.807) is 25.1 Å². The van der Waals surface area contributed by atoms with Crippen LogP contribution < -0.4 is 5.56 Å². The molecule has 1 aromatic carbocycles. The molecular weight excluding hydrogens is 332 g/mol. The highest BCUT2D eigenvalue weighted by molar-refractivity contribution is 9.10. The van der Waals surface area contributed by atoms with Crippen LogP contribution in [-0.4, -0.2) is 29.5 Å². The second-order valence-electron chi connectivity index (χ2n) is 4.14. The van der Waals surface area contributed by atoms with E-state index in [9.17, 15) is 13.2 Å². The van der Waals surface area contributed by atoms with Gasteiger partial charge in [-0.1, -0.05) is 22.9 Å². The van der Waals surface area contributed by atoms with Crippen LogP contribution in [0.15, 0.2) is 33.8 Å². The highest BCUT2D eigenvalue weighted by atomic mass is 79.9. The molecule has 0 radical (unpaired) electrons. The molecule has 0 unspecified atom stereocenters. The van der Waals surface area contributed by atoms with E-state index in [0.29, 0.717) is 10.9 Å². The standard InChI is InChI=1S/C12H13BrN2O3S/c1-2-19(17,18)6-5-15-8-14-11-7-9(13)3-4-10(11)12(15)16/h3-4,7-8H,2,5-6H2,1H3. The first-order valence-corrected chi connectivity index (χ1v) is 8.39. The van der Waals surface area contributed by atoms with Crippen LogP contribution in [0.1, 0.15) is 6.92 Å². The zero-order chi connectivity index (χ0) is 14.0. The minimum absolute atomic E-state index is 0.0485. The SMILES string of the molecule is CCS(=O)(=O)CCn1cnc2cc(Br)ccc2c1=O. The molecule has 2 rings (SSSR count). The number of fused-ring (bicyclic) bond motifs is 1. The largest absolute Gasteiger partial charge is 0.298 e. The summed E-state index contributed by atoms with van der Waals surface area (Å²) >= 11 is 3.31. The molecule has 1 aromatic heterocycles. The highest BCUT2D eigenvalue weighted by Gasteiger charge is 2.10. The number of sulfone groups is 1. The van der Waals surface area contributed by atoms with Crippen LogP contribution in [0.4, 0.5) is 0 Å². The minimum atomic E-state index is -3.09. The summed E-state index contributed by atoms with van der Waals surface area (Å²) in [5.74, 6) is 0.0306. The summed E-state index contributed by atoms with van der Waals surface area (Å²) in [7, 11) is -3.09. The zero-order valence-corrected chi connectivity index (χ0v) is 12.7. The van der Waals surface area contributed by atoms with Crippen LogP contribution in [0, 0.1) is 0 Å². The summed E-state index contributed by atoms with van der Waals surface area (Å²) in [4.78, 5) is 16.3. The Morgan fingerprint density at radius 2 is 2.11 bits per heavy atom. The van der Waals surface area contributed by atoms with Gasteiger partial charge < -0.3 is 0 Å². The lowest BCUT2D eigenvalue weighted by molar-refractivity contribution is 0.588. The van der Waals surface area contributed by atoms with Crippen molar-refractivity contribution >= 4 is 36.7 Å². The fourth-order valence-electron chi connectivity index (χ4n) is 1.67. The fraction of sp³-hybridized carbons (Fsp3) is 0.333. The van der Waals surface area contributed by atoms with Gasteiger partial charge in [0.05, 0.1) is 23.0 Å². The highest BCUT2D eigenvalue weighted by Crippen LogP contribution is 2.14. The van der Waals surface area contributed by atoms with E-state index < -0.39 is 9.84 Å². The van der Waals surface area contributed by atoms with E-state index in [1.165, 1.54) is 10.9 Å². The number of hydrogen-bond acceptors (Lipinski definition) is 4. The van der Waals surface area contributed by atoms with E-state index >= 15 is 0 Å². The second kappa shape index (κ2) is 5.42. The van der Waals surface area contributed by atoms with Gasteiger partial charge in [-0.05, 0) is 18.2 Å². The van der Waals surface area contributed by atoms with Crippen molar-refractivity contribution in [3.63, 3.8) is 0 Å². The number of hydrogen-bond donors (Lipinski definition) is 0. The Hall–Kier alpha value is -1.21. The van der Waals surface area contributed by atoms with Gasteiger partial charge >= 0.3 is 0 Å². The van der Waals surface area contributed by atoms with Crippen LogP contribution in [-0.2, 0) is 16.4 Å². The van der Waals surface area contributed by atoms with Crippen LogP contribution in [0.25, 0.3) is 10.9 Å². The Morgan fingerprint density at radius 3 is 2.79 bits per heavy atom. The predicted octanol–water partition coefficient (Wildman–Crippen LogP) is 1.59. The van der Waals surface area contributed by atoms with Gasteiger partial charge in [-0.15, -0.1) is 0 Å². The number of nitrogens with zero attached hydrogens (tertiary/aromatic N) is 2. The number of rotatable bonds is 4. The van der Waals surface area contributed by atoms with Crippen LogP contribution >= 0.6 is 15.9 Å².